The van der Waals surface area contributed by atoms with Gasteiger partial charge in [-0.25, -0.2) is 0 Å². The van der Waals surface area contributed by atoms with Gasteiger partial charge in [0.25, 0.3) is 11.5 Å². The van der Waals surface area contributed by atoms with Crippen LogP contribution < -0.4 is 19.7 Å². The lowest BCUT2D eigenvalue weighted by molar-refractivity contribution is -0.113. The Balaban J connectivity index is 1.50. The number of fused-ring (bicyclic) bond motifs is 2. The van der Waals surface area contributed by atoms with Gasteiger partial charge < -0.3 is 9.64 Å². The Morgan fingerprint density at radius 1 is 0.943 bits per heavy atom. The van der Waals surface area contributed by atoms with Crippen LogP contribution in [0.5, 0.6) is 5.75 Å². The Morgan fingerprint density at radius 2 is 1.66 bits per heavy atom. The number of halogens is 1. The molecule has 3 aromatic carbocycles. The smallest absolute Gasteiger partial charge is 0.291 e. The summed E-state index contributed by atoms with van der Waals surface area (Å²) in [6.45, 7) is 0.298. The summed E-state index contributed by atoms with van der Waals surface area (Å²) < 4.78 is 6.96. The summed E-state index contributed by atoms with van der Waals surface area (Å²) >= 11 is 7.51. The molecule has 0 radical (unpaired) electrons. The zero-order valence-electron chi connectivity index (χ0n) is 18.4. The summed E-state index contributed by atoms with van der Waals surface area (Å²) in [6, 6.07) is 22.2. The highest BCUT2D eigenvalue weighted by Crippen LogP contribution is 2.37. The van der Waals surface area contributed by atoms with E-state index in [1.54, 1.807) is 18.1 Å². The number of aromatic nitrogens is 3. The van der Waals surface area contributed by atoms with Crippen molar-refractivity contribution in [2.45, 2.75) is 6.54 Å². The van der Waals surface area contributed by atoms with Crippen LogP contribution in [0.2, 0.25) is 5.02 Å². The second-order valence-electron chi connectivity index (χ2n) is 7.94. The number of benzene rings is 3. The number of carbonyl (C=O) groups is 1. The number of anilines is 1. The average Bonchev–Trinajstić information content (AvgIpc) is 3.51. The van der Waals surface area contributed by atoms with Crippen molar-refractivity contribution in [3.05, 3.63) is 104 Å². The molecule has 0 saturated carbocycles. The Kier molecular flexibility index (Phi) is 5.12. The monoisotopic (exact) mass is 500 g/mol. The zero-order chi connectivity index (χ0) is 24.1. The Labute approximate surface area is 208 Å². The number of para-hydroxylation sites is 2. The summed E-state index contributed by atoms with van der Waals surface area (Å²) in [7, 11) is 1.57. The average molecular weight is 501 g/mol. The van der Waals surface area contributed by atoms with Crippen LogP contribution in [0.3, 0.4) is 0 Å². The van der Waals surface area contributed by atoms with E-state index in [-0.39, 0.29) is 11.5 Å². The standard InChI is InChI=1S/C26H17ClN4O3S/c1-34-20-13-7-4-10-17(20)23-28-26-31(29-23)25(33)22(35-26)21-16-9-3-6-12-19(16)30(24(21)32)14-15-8-2-5-11-18(15)27/h2-13H,14H2,1H3/b22-21-. The van der Waals surface area contributed by atoms with Gasteiger partial charge in [-0.2, -0.15) is 9.50 Å². The van der Waals surface area contributed by atoms with Crippen LogP contribution in [0.4, 0.5) is 5.69 Å². The predicted molar refractivity (Wildman–Crippen MR) is 136 cm³/mol. The molecule has 7 nitrogen and oxygen atoms in total. The van der Waals surface area contributed by atoms with Crippen LogP contribution in [0, 0.1) is 0 Å². The molecule has 0 saturated heterocycles. The Morgan fingerprint density at radius 3 is 2.43 bits per heavy atom. The van der Waals surface area contributed by atoms with E-state index >= 15 is 0 Å². The topological polar surface area (TPSA) is 76.8 Å². The quantitative estimate of drug-likeness (QED) is 0.373. The second kappa shape index (κ2) is 8.33. The van der Waals surface area contributed by atoms with E-state index in [1.165, 1.54) is 4.52 Å². The van der Waals surface area contributed by atoms with Crippen molar-refractivity contribution < 1.29 is 9.53 Å². The van der Waals surface area contributed by atoms with Gasteiger partial charge in [0, 0.05) is 10.6 Å². The fourth-order valence-electron chi connectivity index (χ4n) is 4.28. The maximum Gasteiger partial charge on any atom is 0.291 e. The van der Waals surface area contributed by atoms with Gasteiger partial charge in [-0.05, 0) is 29.8 Å². The molecule has 0 spiro atoms. The lowest BCUT2D eigenvalue weighted by Crippen LogP contribution is -2.32. The SMILES string of the molecule is COc1ccccc1-c1nc2s/c(=C3\C(=O)N(Cc4ccccc4Cl)c4ccccc43)c(=O)n2n1. The first-order chi connectivity index (χ1) is 17.1. The summed E-state index contributed by atoms with van der Waals surface area (Å²) in [4.78, 5) is 33.7. The molecule has 2 aromatic heterocycles. The van der Waals surface area contributed by atoms with E-state index in [0.29, 0.717) is 49.3 Å². The van der Waals surface area contributed by atoms with Crippen molar-refractivity contribution in [2.24, 2.45) is 0 Å². The highest BCUT2D eigenvalue weighted by Gasteiger charge is 2.34. The molecular formula is C26H17ClN4O3S. The molecule has 1 aliphatic heterocycles. The molecule has 0 aliphatic carbocycles. The third kappa shape index (κ3) is 3.41. The molecule has 1 amide bonds. The van der Waals surface area contributed by atoms with Crippen molar-refractivity contribution in [2.75, 3.05) is 12.0 Å². The van der Waals surface area contributed by atoms with Gasteiger partial charge in [-0.3, -0.25) is 9.59 Å². The number of hydrogen-bond donors (Lipinski definition) is 0. The van der Waals surface area contributed by atoms with Crippen LogP contribution in [0.1, 0.15) is 11.1 Å². The first kappa shape index (κ1) is 21.5. The molecule has 35 heavy (non-hydrogen) atoms. The van der Waals surface area contributed by atoms with Gasteiger partial charge in [0.15, 0.2) is 5.82 Å². The first-order valence-corrected chi connectivity index (χ1v) is 12.0. The molecule has 6 rings (SSSR count). The summed E-state index contributed by atoms with van der Waals surface area (Å²) in [6.07, 6.45) is 0. The molecule has 5 aromatic rings. The number of thiazole rings is 1. The minimum atomic E-state index is -0.378. The minimum absolute atomic E-state index is 0.252. The molecule has 0 N–H and O–H groups in total. The van der Waals surface area contributed by atoms with Crippen molar-refractivity contribution >= 4 is 45.1 Å². The van der Waals surface area contributed by atoms with Crippen molar-refractivity contribution in [1.82, 2.24) is 14.6 Å². The lowest BCUT2D eigenvalue weighted by Gasteiger charge is -2.17. The number of hydrogen-bond acceptors (Lipinski definition) is 6. The van der Waals surface area contributed by atoms with Gasteiger partial charge in [0.05, 0.1) is 30.5 Å². The van der Waals surface area contributed by atoms with Crippen molar-refractivity contribution in [3.8, 4) is 17.1 Å². The van der Waals surface area contributed by atoms with Crippen LogP contribution in [0.15, 0.2) is 77.6 Å². The van der Waals surface area contributed by atoms with E-state index in [9.17, 15) is 9.59 Å². The number of amides is 1. The summed E-state index contributed by atoms with van der Waals surface area (Å²) in [5, 5.41) is 5.01. The van der Waals surface area contributed by atoms with Crippen molar-refractivity contribution in [3.63, 3.8) is 0 Å². The van der Waals surface area contributed by atoms with Gasteiger partial charge in [-0.1, -0.05) is 71.5 Å². The normalized spacial score (nSPS) is 14.6. The molecule has 0 unspecified atom stereocenters. The summed E-state index contributed by atoms with van der Waals surface area (Å²) in [5.74, 6) is 0.751. The maximum absolute atomic E-state index is 13.6. The number of rotatable bonds is 4. The van der Waals surface area contributed by atoms with Gasteiger partial charge in [0.2, 0.25) is 4.96 Å². The van der Waals surface area contributed by atoms with E-state index in [0.717, 1.165) is 22.6 Å². The molecule has 0 atom stereocenters. The fourth-order valence-corrected chi connectivity index (χ4v) is 5.48. The zero-order valence-corrected chi connectivity index (χ0v) is 20.0. The highest BCUT2D eigenvalue weighted by molar-refractivity contribution is 7.15. The Hall–Kier alpha value is -4.01. The van der Waals surface area contributed by atoms with E-state index in [2.05, 4.69) is 10.1 Å². The van der Waals surface area contributed by atoms with E-state index in [4.69, 9.17) is 16.3 Å². The second-order valence-corrected chi connectivity index (χ2v) is 9.33. The molecule has 1 aliphatic rings. The largest absolute Gasteiger partial charge is 0.496 e. The molecular weight excluding hydrogens is 484 g/mol. The number of carbonyl (C=O) groups excluding carboxylic acids is 1. The maximum atomic E-state index is 13.6. The number of methoxy groups -OCH3 is 1. The third-order valence-corrected chi connectivity index (χ3v) is 7.34. The molecule has 0 fully saturated rings. The van der Waals surface area contributed by atoms with E-state index < -0.39 is 0 Å². The lowest BCUT2D eigenvalue weighted by atomic mass is 10.1. The van der Waals surface area contributed by atoms with Crippen LogP contribution >= 0.6 is 22.9 Å². The Bertz CT molecular complexity index is 1740. The molecule has 0 bridgehead atoms. The molecule has 172 valence electrons. The molecule has 9 heteroatoms. The summed E-state index contributed by atoms with van der Waals surface area (Å²) in [5.41, 5.74) is 2.93. The third-order valence-electron chi connectivity index (χ3n) is 5.94. The minimum Gasteiger partial charge on any atom is -0.496 e. The van der Waals surface area contributed by atoms with Crippen molar-refractivity contribution in [1.29, 1.82) is 0 Å². The van der Waals surface area contributed by atoms with Crippen LogP contribution in [0.25, 0.3) is 21.9 Å². The molecule has 3 heterocycles. The fraction of sp³-hybridized carbons (Fsp3) is 0.0769. The van der Waals surface area contributed by atoms with Gasteiger partial charge in [0.1, 0.15) is 10.3 Å². The van der Waals surface area contributed by atoms with Crippen LogP contribution in [-0.4, -0.2) is 27.6 Å². The van der Waals surface area contributed by atoms with Gasteiger partial charge >= 0.3 is 0 Å². The highest BCUT2D eigenvalue weighted by atomic mass is 35.5. The first-order valence-electron chi connectivity index (χ1n) is 10.8. The predicted octanol–water partition coefficient (Wildman–Crippen LogP) is 3.94. The van der Waals surface area contributed by atoms with E-state index in [1.807, 2.05) is 66.7 Å². The van der Waals surface area contributed by atoms with Crippen LogP contribution in [-0.2, 0) is 11.3 Å². The number of ether oxygens (including phenoxy) is 1. The number of nitrogens with zero attached hydrogens (tertiary/aromatic N) is 4. The van der Waals surface area contributed by atoms with Gasteiger partial charge in [-0.15, -0.1) is 5.10 Å².